The number of pyridine rings is 1. The number of rotatable bonds is 8. The maximum Gasteiger partial charge on any atom is 0.196 e. The Morgan fingerprint density at radius 2 is 1.35 bits per heavy atom. The summed E-state index contributed by atoms with van der Waals surface area (Å²) in [5.41, 5.74) is 3.76. The number of halogens is 2. The molecule has 0 radical (unpaired) electrons. The normalized spacial score (nSPS) is 11.3. The molecule has 0 bridgehead atoms. The molecule has 0 fully saturated rings. The fraction of sp³-hybridized carbons (Fsp3) is 0.346. The fourth-order valence-electron chi connectivity index (χ4n) is 3.48. The number of fused-ring (bicyclic) bond motifs is 1. The van der Waals surface area contributed by atoms with E-state index in [-0.39, 0.29) is 34.0 Å². The van der Waals surface area contributed by atoms with Gasteiger partial charge in [-0.25, -0.2) is 0 Å². The lowest BCUT2D eigenvalue weighted by Crippen LogP contribution is -3.00. The Balaban J connectivity index is 0.00000240. The quantitative estimate of drug-likeness (QED) is 0.255. The van der Waals surface area contributed by atoms with Crippen LogP contribution < -0.4 is 43.4 Å². The van der Waals surface area contributed by atoms with Gasteiger partial charge in [-0.3, -0.25) is 0 Å². The molecule has 168 valence electrons. The molecule has 0 atom stereocenters. The lowest BCUT2D eigenvalue weighted by molar-refractivity contribution is -0.892. The highest BCUT2D eigenvalue weighted by Gasteiger charge is 2.10. The van der Waals surface area contributed by atoms with E-state index in [0.29, 0.717) is 0 Å². The van der Waals surface area contributed by atoms with Crippen molar-refractivity contribution in [3.8, 4) is 0 Å². The van der Waals surface area contributed by atoms with Crippen LogP contribution in [-0.4, -0.2) is 45.3 Å². The van der Waals surface area contributed by atoms with Gasteiger partial charge in [-0.2, -0.15) is 4.57 Å². The van der Waals surface area contributed by atoms with Gasteiger partial charge in [0.2, 0.25) is 0 Å². The molecule has 0 aliphatic heterocycles. The Labute approximate surface area is 209 Å². The second-order valence-electron chi connectivity index (χ2n) is 8.68. The van der Waals surface area contributed by atoms with Crippen molar-refractivity contribution in [2.45, 2.75) is 20.4 Å². The van der Waals surface area contributed by atoms with Crippen LogP contribution in [0.2, 0.25) is 0 Å². The summed E-state index contributed by atoms with van der Waals surface area (Å²) in [5, 5.41) is 2.58. The third kappa shape index (κ3) is 8.06. The van der Waals surface area contributed by atoms with Crippen molar-refractivity contribution in [3.63, 3.8) is 0 Å². The van der Waals surface area contributed by atoms with Crippen molar-refractivity contribution in [3.05, 3.63) is 72.1 Å². The average Bonchev–Trinajstić information content (AvgIpc) is 2.71. The third-order valence-corrected chi connectivity index (χ3v) is 5.39. The summed E-state index contributed by atoms with van der Waals surface area (Å²) in [5.74, 6) is 0. The van der Waals surface area contributed by atoms with Gasteiger partial charge in [-0.15, -0.1) is 0 Å². The summed E-state index contributed by atoms with van der Waals surface area (Å²) < 4.78 is 3.23. The van der Waals surface area contributed by atoms with Crippen molar-refractivity contribution < 1.29 is 43.0 Å². The first kappa shape index (κ1) is 27.3. The number of aromatic nitrogens is 1. The van der Waals surface area contributed by atoms with Crippen molar-refractivity contribution in [2.24, 2.45) is 0 Å². The predicted octanol–water partition coefficient (Wildman–Crippen LogP) is -1.14. The predicted molar refractivity (Wildman–Crippen MR) is 126 cm³/mol. The molecule has 0 amide bonds. The lowest BCUT2D eigenvalue weighted by atomic mass is 10.0. The molecule has 3 rings (SSSR count). The van der Waals surface area contributed by atoms with Crippen LogP contribution in [0.5, 0.6) is 0 Å². The third-order valence-electron chi connectivity index (χ3n) is 5.39. The van der Waals surface area contributed by atoms with Crippen LogP contribution in [0.3, 0.4) is 0 Å². The number of likely N-dealkylation sites (N-methyl/N-ethyl adjacent to an activating group) is 1. The van der Waals surface area contributed by atoms with Gasteiger partial charge in [0.1, 0.15) is 6.54 Å². The number of anilines is 1. The molecule has 5 heteroatoms. The van der Waals surface area contributed by atoms with Gasteiger partial charge < -0.3 is 43.3 Å². The zero-order valence-electron chi connectivity index (χ0n) is 19.4. The second kappa shape index (κ2) is 12.4. The SMILES string of the molecule is CCN(CC)c1ccc2cc(/C=C/c3cc[n+](CC[N+](C)(C)C)cc3)ccc2c1.[Br-].[Br-]. The van der Waals surface area contributed by atoms with Crippen molar-refractivity contribution >= 4 is 28.6 Å². The first-order valence-electron chi connectivity index (χ1n) is 10.6. The summed E-state index contributed by atoms with van der Waals surface area (Å²) in [7, 11) is 6.68. The molecule has 3 aromatic rings. The standard InChI is InChI=1S/C26H35N3.2BrH/c1-6-28(7-2)26-13-12-24-20-23(10-11-25(24)21-26)9-8-22-14-16-27(17-15-22)18-19-29(3,4)5;;/h8-17,20-21H,6-7,18-19H2,1-5H3;2*1H/q+2;;/p-2. The number of hydrogen-bond acceptors (Lipinski definition) is 1. The summed E-state index contributed by atoms with van der Waals surface area (Å²) in [4.78, 5) is 2.38. The molecule has 3 nitrogen and oxygen atoms in total. The maximum absolute atomic E-state index is 2.38. The van der Waals surface area contributed by atoms with Crippen LogP contribution in [0.4, 0.5) is 5.69 Å². The van der Waals surface area contributed by atoms with Crippen molar-refractivity contribution in [1.82, 2.24) is 0 Å². The van der Waals surface area contributed by atoms with E-state index in [2.05, 4.69) is 118 Å². The number of hydrogen-bond donors (Lipinski definition) is 0. The molecule has 0 saturated heterocycles. The zero-order chi connectivity index (χ0) is 20.9. The van der Waals surface area contributed by atoms with Crippen LogP contribution in [0.15, 0.2) is 60.9 Å². The molecule has 0 aliphatic rings. The molecule has 0 saturated carbocycles. The van der Waals surface area contributed by atoms with E-state index in [1.54, 1.807) is 0 Å². The zero-order valence-corrected chi connectivity index (χ0v) is 22.5. The largest absolute Gasteiger partial charge is 1.00 e. The summed E-state index contributed by atoms with van der Waals surface area (Å²) in [6.45, 7) is 8.64. The second-order valence-corrected chi connectivity index (χ2v) is 8.68. The highest BCUT2D eigenvalue weighted by Crippen LogP contribution is 2.24. The Hall–Kier alpha value is -1.69. The van der Waals surface area contributed by atoms with Gasteiger partial charge in [0.05, 0.1) is 21.1 Å². The molecule has 0 unspecified atom stereocenters. The Bertz CT molecular complexity index is 972. The molecule has 1 heterocycles. The molecule has 2 aromatic carbocycles. The molecular weight excluding hydrogens is 514 g/mol. The first-order valence-corrected chi connectivity index (χ1v) is 10.6. The fourth-order valence-corrected chi connectivity index (χ4v) is 3.48. The van der Waals surface area contributed by atoms with E-state index in [1.165, 1.54) is 27.6 Å². The number of quaternary nitrogens is 1. The van der Waals surface area contributed by atoms with Crippen LogP contribution in [0.1, 0.15) is 25.0 Å². The summed E-state index contributed by atoms with van der Waals surface area (Å²) in [6.07, 6.45) is 8.73. The van der Waals surface area contributed by atoms with Gasteiger partial charge in [0.15, 0.2) is 18.9 Å². The van der Waals surface area contributed by atoms with Gasteiger partial charge in [-0.05, 0) is 53.9 Å². The number of benzene rings is 2. The van der Waals surface area contributed by atoms with E-state index in [9.17, 15) is 0 Å². The first-order chi connectivity index (χ1) is 13.9. The summed E-state index contributed by atoms with van der Waals surface area (Å²) in [6, 6.07) is 17.8. The van der Waals surface area contributed by atoms with E-state index in [4.69, 9.17) is 0 Å². The van der Waals surface area contributed by atoms with E-state index < -0.39 is 0 Å². The Morgan fingerprint density at radius 3 is 1.97 bits per heavy atom. The van der Waals surface area contributed by atoms with E-state index in [0.717, 1.165) is 30.7 Å². The van der Waals surface area contributed by atoms with Crippen LogP contribution >= 0.6 is 0 Å². The molecule has 0 aliphatic carbocycles. The molecule has 31 heavy (non-hydrogen) atoms. The Kier molecular flexibility index (Phi) is 10.9. The highest BCUT2D eigenvalue weighted by atomic mass is 79.9. The van der Waals surface area contributed by atoms with Gasteiger partial charge in [-0.1, -0.05) is 30.4 Å². The van der Waals surface area contributed by atoms with Crippen molar-refractivity contribution in [1.29, 1.82) is 0 Å². The van der Waals surface area contributed by atoms with Crippen LogP contribution in [0, 0.1) is 0 Å². The van der Waals surface area contributed by atoms with Gasteiger partial charge in [0, 0.05) is 30.9 Å². The van der Waals surface area contributed by atoms with Gasteiger partial charge >= 0.3 is 0 Å². The topological polar surface area (TPSA) is 7.12 Å². The minimum absolute atomic E-state index is 0. The maximum atomic E-state index is 2.38. The molecule has 1 aromatic heterocycles. The van der Waals surface area contributed by atoms with Crippen LogP contribution in [-0.2, 0) is 6.54 Å². The number of nitrogens with zero attached hydrogens (tertiary/aromatic N) is 3. The molecule has 0 spiro atoms. The summed E-state index contributed by atoms with van der Waals surface area (Å²) >= 11 is 0. The minimum atomic E-state index is 0. The smallest absolute Gasteiger partial charge is 0.196 e. The average molecular weight is 549 g/mol. The lowest BCUT2D eigenvalue weighted by Gasteiger charge is -2.21. The van der Waals surface area contributed by atoms with Crippen molar-refractivity contribution in [2.75, 3.05) is 45.7 Å². The van der Waals surface area contributed by atoms with E-state index in [1.807, 2.05) is 0 Å². The highest BCUT2D eigenvalue weighted by molar-refractivity contribution is 5.88. The Morgan fingerprint density at radius 1 is 0.774 bits per heavy atom. The minimum Gasteiger partial charge on any atom is -1.00 e. The van der Waals surface area contributed by atoms with Gasteiger partial charge in [0.25, 0.3) is 0 Å². The molecule has 0 N–H and O–H groups in total. The van der Waals surface area contributed by atoms with E-state index >= 15 is 0 Å². The molecular formula is C26H35Br2N3. The van der Waals surface area contributed by atoms with Crippen LogP contribution in [0.25, 0.3) is 22.9 Å². The monoisotopic (exact) mass is 547 g/mol.